The Labute approximate surface area is 590 Å². The zero-order valence-corrected chi connectivity index (χ0v) is 62.8. The molecule has 0 saturated carbocycles. The molecule has 0 aliphatic carbocycles. The zero-order valence-electron chi connectivity index (χ0n) is 61.0. The number of carbonyl (C=O) groups excluding carboxylic acids is 3. The van der Waals surface area contributed by atoms with E-state index in [0.29, 0.717) is 25.7 Å². The summed E-state index contributed by atoms with van der Waals surface area (Å²) in [6.45, 7) is 2.48. The second kappa shape index (κ2) is 72.0. The fourth-order valence-electron chi connectivity index (χ4n) is 10.2. The summed E-state index contributed by atoms with van der Waals surface area (Å²) < 4.78 is 60.9. The molecule has 0 bridgehead atoms. The van der Waals surface area contributed by atoms with E-state index < -0.39 is 91.5 Å². The summed E-state index contributed by atoms with van der Waals surface area (Å²) in [5, 5.41) is 20.6. The monoisotopic (exact) mass is 1400 g/mol. The van der Waals surface area contributed by atoms with Crippen molar-refractivity contribution in [3.8, 4) is 0 Å². The Kier molecular flexibility index (Phi) is 69.2. The molecule has 5 atom stereocenters. The van der Waals surface area contributed by atoms with Gasteiger partial charge < -0.3 is 34.2 Å². The summed E-state index contributed by atoms with van der Waals surface area (Å²) in [6.07, 6.45) is 83.1. The molecule has 0 aromatic carbocycles. The summed E-state index contributed by atoms with van der Waals surface area (Å²) in [5.74, 6) is -1.64. The number of phosphoric ester groups is 2. The number of allylic oxidation sites excluding steroid dienone is 18. The minimum Gasteiger partial charge on any atom is -0.463 e. The number of carbonyl (C=O) groups is 3. The lowest BCUT2D eigenvalue weighted by Crippen LogP contribution is -2.30. The first-order valence-electron chi connectivity index (χ1n) is 38.2. The predicted molar refractivity (Wildman–Crippen MR) is 399 cm³/mol. The lowest BCUT2D eigenvalue weighted by molar-refractivity contribution is -0.161. The number of ether oxygens (including phenoxy) is 3. The maximum absolute atomic E-state index is 12.9. The maximum Gasteiger partial charge on any atom is 0.472 e. The topological polar surface area (TPSA) is 231 Å². The van der Waals surface area contributed by atoms with Gasteiger partial charge in [-0.3, -0.25) is 32.5 Å². The number of aliphatic hydroxyl groups excluding tert-OH is 2. The Morgan fingerprint density at radius 3 is 0.928 bits per heavy atom. The summed E-state index contributed by atoms with van der Waals surface area (Å²) in [7, 11) is -9.79. The number of hydrogen-bond donors (Lipinski definition) is 4. The first-order valence-corrected chi connectivity index (χ1v) is 41.2. The van der Waals surface area contributed by atoms with Crippen LogP contribution in [0.5, 0.6) is 0 Å². The molecule has 4 N–H and O–H groups in total. The van der Waals surface area contributed by atoms with Gasteiger partial charge in [-0.1, -0.05) is 304 Å². The molecule has 16 nitrogen and oxygen atoms in total. The Balaban J connectivity index is 4.45. The van der Waals surface area contributed by atoms with E-state index in [0.717, 1.165) is 96.3 Å². The van der Waals surface area contributed by atoms with E-state index in [1.807, 2.05) is 12.2 Å². The zero-order chi connectivity index (χ0) is 70.9. The molecular formula is C79H138O16P2. The number of esters is 3. The highest BCUT2D eigenvalue weighted by atomic mass is 31.2. The number of unbranched alkanes of at least 4 members (excludes halogenated alkanes) is 31. The van der Waals surface area contributed by atoms with Gasteiger partial charge in [0.2, 0.25) is 0 Å². The van der Waals surface area contributed by atoms with E-state index in [4.69, 9.17) is 32.3 Å². The van der Waals surface area contributed by atoms with E-state index in [1.165, 1.54) is 154 Å². The first-order chi connectivity index (χ1) is 47.2. The quantitative estimate of drug-likeness (QED) is 0.0146. The van der Waals surface area contributed by atoms with Crippen LogP contribution in [0.1, 0.15) is 316 Å². The highest BCUT2D eigenvalue weighted by molar-refractivity contribution is 7.47. The number of hydrogen-bond acceptors (Lipinski definition) is 14. The molecule has 0 saturated heterocycles. The fourth-order valence-corrected chi connectivity index (χ4v) is 11.8. The summed E-state index contributed by atoms with van der Waals surface area (Å²) in [5.41, 5.74) is 0. The van der Waals surface area contributed by atoms with Gasteiger partial charge in [0, 0.05) is 19.3 Å². The lowest BCUT2D eigenvalue weighted by Gasteiger charge is -2.21. The summed E-state index contributed by atoms with van der Waals surface area (Å²) in [4.78, 5) is 58.4. The minimum absolute atomic E-state index is 0.0930. The molecule has 0 amide bonds. The van der Waals surface area contributed by atoms with Crippen LogP contribution in [-0.2, 0) is 55.8 Å². The molecule has 0 spiro atoms. The largest absolute Gasteiger partial charge is 0.472 e. The van der Waals surface area contributed by atoms with Crippen LogP contribution in [0.4, 0.5) is 0 Å². The molecule has 0 aromatic heterocycles. The van der Waals surface area contributed by atoms with E-state index in [-0.39, 0.29) is 19.3 Å². The Bertz CT molecular complexity index is 2200. The molecule has 5 unspecified atom stereocenters. The lowest BCUT2D eigenvalue weighted by atomic mass is 10.0. The summed E-state index contributed by atoms with van der Waals surface area (Å²) >= 11 is 0. The molecule has 0 aliphatic heterocycles. The van der Waals surface area contributed by atoms with Crippen LogP contribution in [0.25, 0.3) is 0 Å². The van der Waals surface area contributed by atoms with Crippen LogP contribution in [0.2, 0.25) is 0 Å². The van der Waals surface area contributed by atoms with Crippen LogP contribution in [0.15, 0.2) is 109 Å². The predicted octanol–water partition coefficient (Wildman–Crippen LogP) is 22.0. The highest BCUT2D eigenvalue weighted by Crippen LogP contribution is 2.45. The van der Waals surface area contributed by atoms with Crippen LogP contribution in [0.3, 0.4) is 0 Å². The van der Waals surface area contributed by atoms with Gasteiger partial charge in [0.15, 0.2) is 6.10 Å². The third-order valence-electron chi connectivity index (χ3n) is 16.0. The molecule has 0 aliphatic rings. The molecule has 97 heavy (non-hydrogen) atoms. The Morgan fingerprint density at radius 2 is 0.557 bits per heavy atom. The average Bonchev–Trinajstić information content (AvgIpc) is 1.86. The van der Waals surface area contributed by atoms with Crippen LogP contribution in [-0.4, -0.2) is 95.9 Å². The van der Waals surface area contributed by atoms with Crippen molar-refractivity contribution in [2.45, 2.75) is 334 Å². The van der Waals surface area contributed by atoms with Gasteiger partial charge in [0.05, 0.1) is 26.4 Å². The molecule has 560 valence electrons. The highest BCUT2D eigenvalue weighted by Gasteiger charge is 2.29. The van der Waals surface area contributed by atoms with Crippen LogP contribution < -0.4 is 0 Å². The van der Waals surface area contributed by atoms with Gasteiger partial charge in [-0.05, 0) is 103 Å². The van der Waals surface area contributed by atoms with Gasteiger partial charge in [0.25, 0.3) is 0 Å². The molecule has 0 radical (unpaired) electrons. The van der Waals surface area contributed by atoms with Crippen molar-refractivity contribution < 1.29 is 75.8 Å². The van der Waals surface area contributed by atoms with Crippen molar-refractivity contribution in [1.82, 2.24) is 0 Å². The Hall–Kier alpha value is -3.79. The van der Waals surface area contributed by atoms with E-state index in [9.17, 15) is 43.5 Å². The number of aliphatic hydroxyl groups is 2. The smallest absolute Gasteiger partial charge is 0.463 e. The second-order valence-corrected chi connectivity index (χ2v) is 28.3. The van der Waals surface area contributed by atoms with E-state index >= 15 is 0 Å². The van der Waals surface area contributed by atoms with Crippen molar-refractivity contribution in [2.24, 2.45) is 0 Å². The third kappa shape index (κ3) is 73.3. The molecule has 18 heteroatoms. The maximum atomic E-state index is 12.9. The van der Waals surface area contributed by atoms with Crippen molar-refractivity contribution in [1.29, 1.82) is 0 Å². The van der Waals surface area contributed by atoms with Gasteiger partial charge in [-0.15, -0.1) is 0 Å². The molecular weight excluding hydrogens is 1270 g/mol. The van der Waals surface area contributed by atoms with Crippen molar-refractivity contribution in [3.63, 3.8) is 0 Å². The van der Waals surface area contributed by atoms with Crippen LogP contribution >= 0.6 is 15.6 Å². The van der Waals surface area contributed by atoms with Gasteiger partial charge in [0.1, 0.15) is 25.4 Å². The Morgan fingerprint density at radius 1 is 0.299 bits per heavy atom. The molecule has 0 aromatic rings. The van der Waals surface area contributed by atoms with Gasteiger partial charge >= 0.3 is 33.6 Å². The van der Waals surface area contributed by atoms with E-state index in [1.54, 1.807) is 0 Å². The summed E-state index contributed by atoms with van der Waals surface area (Å²) in [6, 6.07) is 0. The minimum atomic E-state index is -4.93. The van der Waals surface area contributed by atoms with Crippen molar-refractivity contribution >= 4 is 33.6 Å². The van der Waals surface area contributed by atoms with Crippen LogP contribution in [0, 0.1) is 0 Å². The van der Waals surface area contributed by atoms with E-state index in [2.05, 4.69) is 118 Å². The molecule has 0 rings (SSSR count). The fraction of sp³-hybridized carbons (Fsp3) is 0.734. The standard InChI is InChI=1S/C79H138O16P2/c1-4-7-10-13-16-19-22-25-27-29-30-31-32-33-34-35-36-37-38-39-40-41-42-44-46-48-50-53-56-59-62-65-77(82)89-68-74(80)69-91-96(85,86)92-70-75(81)71-93-97(87,88)94-73-76(95-79(84)67-64-61-58-55-52-47-24-21-18-15-12-9-6-3)72-90-78(83)66-63-60-57-54-51-49-45-43-28-26-23-20-17-14-11-8-5-2/h8,11,16-17,19-20,25-28,30-31,33-34,45,49,54,57,74-76,80-81H,4-7,9-10,12-15,18,21-24,29,32,35-44,46-48,50-53,55-56,58-73H2,1-3H3,(H,85,86)(H,87,88)/b11-8-,19-16-,20-17-,27-25-,28-26-,31-30-,34-33-,49-45-,57-54-. The third-order valence-corrected chi connectivity index (χ3v) is 17.9. The van der Waals surface area contributed by atoms with Crippen molar-refractivity contribution in [3.05, 3.63) is 109 Å². The molecule has 0 heterocycles. The normalized spacial score (nSPS) is 14.7. The number of phosphoric acid groups is 2. The molecule has 0 fully saturated rings. The first kappa shape index (κ1) is 93.2. The van der Waals surface area contributed by atoms with Crippen molar-refractivity contribution in [2.75, 3.05) is 39.6 Å². The second-order valence-electron chi connectivity index (χ2n) is 25.4. The SMILES string of the molecule is CC/C=C\C/C=C\C/C=C\C/C=C\C/C=C\CCCC(=O)OCC(COP(=O)(O)OCC(O)COP(=O)(O)OCC(O)COC(=O)CCCCCCCCCCCCCCCCC/C=C\C/C=C\C/C=C\C/C=C\CCCCC)OC(=O)CCCCCCCCCCCCCCC. The number of rotatable bonds is 72. The van der Waals surface area contributed by atoms with Gasteiger partial charge in [-0.25, -0.2) is 9.13 Å². The van der Waals surface area contributed by atoms with Gasteiger partial charge in [-0.2, -0.15) is 0 Å². The average molecular weight is 1410 g/mol.